The van der Waals surface area contributed by atoms with E-state index in [0.717, 1.165) is 45.7 Å². The number of hydrogen-bond donors (Lipinski definition) is 1. The molecule has 1 atom stereocenters. The number of carbonyl (C=O) groups excluding carboxylic acids is 1. The van der Waals surface area contributed by atoms with E-state index in [-0.39, 0.29) is 12.0 Å². The molecule has 0 unspecified atom stereocenters. The monoisotopic (exact) mass is 274 g/mol. The Morgan fingerprint density at radius 1 is 1.20 bits per heavy atom. The van der Waals surface area contributed by atoms with Gasteiger partial charge in [0.05, 0.1) is 0 Å². The molecule has 0 saturated carbocycles. The summed E-state index contributed by atoms with van der Waals surface area (Å²) in [5, 5.41) is 3.50. The van der Waals surface area contributed by atoms with Crippen LogP contribution in [0.4, 0.5) is 0 Å². The van der Waals surface area contributed by atoms with E-state index in [4.69, 9.17) is 4.74 Å². The van der Waals surface area contributed by atoms with Crippen molar-refractivity contribution in [1.82, 2.24) is 10.2 Å². The number of piperazine rings is 1. The topological polar surface area (TPSA) is 41.6 Å². The van der Waals surface area contributed by atoms with Gasteiger partial charge in [-0.3, -0.25) is 4.79 Å². The number of nitrogens with zero attached hydrogens (tertiary/aromatic N) is 1. The van der Waals surface area contributed by atoms with E-state index in [2.05, 4.69) is 29.6 Å². The van der Waals surface area contributed by atoms with E-state index in [9.17, 15) is 4.79 Å². The van der Waals surface area contributed by atoms with Crippen molar-refractivity contribution in [2.75, 3.05) is 32.8 Å². The lowest BCUT2D eigenvalue weighted by molar-refractivity contribution is -0.139. The molecule has 1 aromatic carbocycles. The third-order valence-electron chi connectivity index (χ3n) is 4.26. The first-order chi connectivity index (χ1) is 9.84. The summed E-state index contributed by atoms with van der Waals surface area (Å²) < 4.78 is 5.34. The van der Waals surface area contributed by atoms with Gasteiger partial charge in [0.15, 0.2) is 0 Å². The summed E-state index contributed by atoms with van der Waals surface area (Å²) in [5.41, 5.74) is 1.26. The summed E-state index contributed by atoms with van der Waals surface area (Å²) >= 11 is 0. The van der Waals surface area contributed by atoms with Crippen LogP contribution in [0.5, 0.6) is 0 Å². The number of rotatable bonds is 2. The normalized spacial score (nSPS) is 24.6. The van der Waals surface area contributed by atoms with Crippen LogP contribution in [-0.2, 0) is 9.53 Å². The smallest absolute Gasteiger partial charge is 0.225 e. The van der Waals surface area contributed by atoms with Crippen molar-refractivity contribution in [3.8, 4) is 0 Å². The molecule has 0 radical (unpaired) electrons. The molecule has 0 bridgehead atoms. The molecule has 2 heterocycles. The Morgan fingerprint density at radius 3 is 2.70 bits per heavy atom. The van der Waals surface area contributed by atoms with Crippen molar-refractivity contribution >= 4 is 5.91 Å². The van der Waals surface area contributed by atoms with Crippen LogP contribution in [0, 0.1) is 5.92 Å². The van der Waals surface area contributed by atoms with E-state index in [1.54, 1.807) is 0 Å². The van der Waals surface area contributed by atoms with Crippen molar-refractivity contribution in [3.05, 3.63) is 35.9 Å². The van der Waals surface area contributed by atoms with Crippen molar-refractivity contribution in [2.45, 2.75) is 18.9 Å². The molecule has 4 nitrogen and oxygen atoms in total. The number of carbonyl (C=O) groups is 1. The Labute approximate surface area is 120 Å². The molecule has 4 heteroatoms. The van der Waals surface area contributed by atoms with Crippen LogP contribution in [0.15, 0.2) is 30.3 Å². The summed E-state index contributed by atoms with van der Waals surface area (Å²) in [5.74, 6) is 0.481. The molecule has 0 aliphatic carbocycles. The molecule has 3 rings (SSSR count). The van der Waals surface area contributed by atoms with Gasteiger partial charge in [-0.1, -0.05) is 30.3 Å². The van der Waals surface area contributed by atoms with E-state index >= 15 is 0 Å². The third-order valence-corrected chi connectivity index (χ3v) is 4.26. The van der Waals surface area contributed by atoms with Gasteiger partial charge in [0, 0.05) is 44.8 Å². The first-order valence-corrected chi connectivity index (χ1v) is 7.49. The first kappa shape index (κ1) is 13.6. The molecule has 108 valence electrons. The molecule has 2 aliphatic heterocycles. The quantitative estimate of drug-likeness (QED) is 0.890. The van der Waals surface area contributed by atoms with Crippen LogP contribution < -0.4 is 5.32 Å². The van der Waals surface area contributed by atoms with Gasteiger partial charge in [0.1, 0.15) is 0 Å². The van der Waals surface area contributed by atoms with Gasteiger partial charge in [0.2, 0.25) is 5.91 Å². The molecular formula is C16H22N2O2. The lowest BCUT2D eigenvalue weighted by Crippen LogP contribution is -2.50. The maximum Gasteiger partial charge on any atom is 0.225 e. The molecular weight excluding hydrogens is 252 g/mol. The van der Waals surface area contributed by atoms with Crippen molar-refractivity contribution in [3.63, 3.8) is 0 Å². The highest BCUT2D eigenvalue weighted by Gasteiger charge is 2.30. The lowest BCUT2D eigenvalue weighted by atomic mass is 9.97. The Balaban J connectivity index is 1.64. The Bertz CT molecular complexity index is 443. The number of hydrogen-bond acceptors (Lipinski definition) is 3. The second kappa shape index (κ2) is 6.37. The second-order valence-corrected chi connectivity index (χ2v) is 5.59. The molecule has 1 aromatic rings. The van der Waals surface area contributed by atoms with Crippen molar-refractivity contribution in [2.24, 2.45) is 5.92 Å². The summed E-state index contributed by atoms with van der Waals surface area (Å²) in [6.45, 7) is 3.92. The van der Waals surface area contributed by atoms with E-state index in [1.165, 1.54) is 5.56 Å². The minimum atomic E-state index is 0.165. The summed E-state index contributed by atoms with van der Waals surface area (Å²) in [6, 6.07) is 10.6. The molecule has 1 N–H and O–H groups in total. The largest absolute Gasteiger partial charge is 0.381 e. The summed E-state index contributed by atoms with van der Waals surface area (Å²) in [7, 11) is 0. The minimum Gasteiger partial charge on any atom is -0.381 e. The maximum absolute atomic E-state index is 12.6. The fourth-order valence-electron chi connectivity index (χ4n) is 3.06. The standard InChI is InChI=1S/C16H22N2O2/c19-16(14-6-10-20-11-7-14)18-9-8-17-15(12-18)13-4-2-1-3-5-13/h1-5,14-15,17H,6-12H2/t15-/m0/s1. The number of ether oxygens (including phenoxy) is 1. The van der Waals surface area contributed by atoms with Crippen LogP contribution in [0.2, 0.25) is 0 Å². The summed E-state index contributed by atoms with van der Waals surface area (Å²) in [4.78, 5) is 14.6. The fraction of sp³-hybridized carbons (Fsp3) is 0.562. The zero-order chi connectivity index (χ0) is 13.8. The first-order valence-electron chi connectivity index (χ1n) is 7.49. The van der Waals surface area contributed by atoms with Gasteiger partial charge >= 0.3 is 0 Å². The SMILES string of the molecule is O=C(C1CCOCC1)N1CCN[C@H](c2ccccc2)C1. The molecule has 0 spiro atoms. The Morgan fingerprint density at radius 2 is 1.95 bits per heavy atom. The van der Waals surface area contributed by atoms with Gasteiger partial charge in [-0.25, -0.2) is 0 Å². The fourth-order valence-corrected chi connectivity index (χ4v) is 3.06. The van der Waals surface area contributed by atoms with Crippen molar-refractivity contribution < 1.29 is 9.53 Å². The molecule has 0 aromatic heterocycles. The zero-order valence-corrected chi connectivity index (χ0v) is 11.8. The van der Waals surface area contributed by atoms with Gasteiger partial charge in [0.25, 0.3) is 0 Å². The molecule has 2 saturated heterocycles. The molecule has 20 heavy (non-hydrogen) atoms. The van der Waals surface area contributed by atoms with E-state index in [0.29, 0.717) is 5.91 Å². The third kappa shape index (κ3) is 3.02. The van der Waals surface area contributed by atoms with E-state index in [1.807, 2.05) is 11.0 Å². The van der Waals surface area contributed by atoms with Gasteiger partial charge < -0.3 is 15.0 Å². The Kier molecular flexibility index (Phi) is 4.33. The zero-order valence-electron chi connectivity index (χ0n) is 11.8. The number of benzene rings is 1. The number of nitrogens with one attached hydrogen (secondary N) is 1. The number of amides is 1. The maximum atomic E-state index is 12.6. The highest BCUT2D eigenvalue weighted by atomic mass is 16.5. The van der Waals surface area contributed by atoms with Gasteiger partial charge in [-0.05, 0) is 18.4 Å². The summed E-state index contributed by atoms with van der Waals surface area (Å²) in [6.07, 6.45) is 1.75. The van der Waals surface area contributed by atoms with Crippen LogP contribution in [0.3, 0.4) is 0 Å². The van der Waals surface area contributed by atoms with E-state index < -0.39 is 0 Å². The predicted octanol–water partition coefficient (Wildman–Crippen LogP) is 1.59. The van der Waals surface area contributed by atoms with Crippen LogP contribution in [0.25, 0.3) is 0 Å². The van der Waals surface area contributed by atoms with Crippen molar-refractivity contribution in [1.29, 1.82) is 0 Å². The minimum absolute atomic E-state index is 0.165. The average molecular weight is 274 g/mol. The lowest BCUT2D eigenvalue weighted by Gasteiger charge is -2.36. The predicted molar refractivity (Wildman–Crippen MR) is 77.3 cm³/mol. The average Bonchev–Trinajstić information content (AvgIpc) is 2.56. The van der Waals surface area contributed by atoms with Gasteiger partial charge in [-0.15, -0.1) is 0 Å². The van der Waals surface area contributed by atoms with Gasteiger partial charge in [-0.2, -0.15) is 0 Å². The van der Waals surface area contributed by atoms with Crippen LogP contribution in [0.1, 0.15) is 24.4 Å². The molecule has 1 amide bonds. The highest BCUT2D eigenvalue weighted by Crippen LogP contribution is 2.22. The Hall–Kier alpha value is -1.39. The molecule has 2 fully saturated rings. The van der Waals surface area contributed by atoms with Crippen LogP contribution in [-0.4, -0.2) is 43.7 Å². The van der Waals surface area contributed by atoms with Crippen LogP contribution >= 0.6 is 0 Å². The highest BCUT2D eigenvalue weighted by molar-refractivity contribution is 5.79. The second-order valence-electron chi connectivity index (χ2n) is 5.59. The molecule has 2 aliphatic rings.